The van der Waals surface area contributed by atoms with Gasteiger partial charge in [0.15, 0.2) is 0 Å². The lowest BCUT2D eigenvalue weighted by Gasteiger charge is -2.23. The third kappa shape index (κ3) is 3.37. The SMILES string of the molecule is CCS(=O)c1c(-c2nc3cc(C(C)(F)C(F)(F)F)ccn3c2C)nn2c(C)c(C)c(C)c(C)c12. The summed E-state index contributed by atoms with van der Waals surface area (Å²) < 4.78 is 70.9. The number of hydrogen-bond acceptors (Lipinski definition) is 3. The molecule has 4 heterocycles. The molecule has 0 bridgehead atoms. The normalized spacial score (nSPS) is 15.3. The molecule has 0 fully saturated rings. The lowest BCUT2D eigenvalue weighted by Crippen LogP contribution is -2.35. The van der Waals surface area contributed by atoms with Crippen molar-refractivity contribution < 1.29 is 21.8 Å². The van der Waals surface area contributed by atoms with Crippen LogP contribution in [0.4, 0.5) is 17.6 Å². The van der Waals surface area contributed by atoms with Gasteiger partial charge in [0, 0.05) is 28.9 Å². The van der Waals surface area contributed by atoms with E-state index in [0.717, 1.165) is 40.0 Å². The van der Waals surface area contributed by atoms with Crippen molar-refractivity contribution in [2.45, 2.75) is 65.2 Å². The molecule has 4 aromatic heterocycles. The van der Waals surface area contributed by atoms with Crippen molar-refractivity contribution >= 4 is 22.0 Å². The highest BCUT2D eigenvalue weighted by molar-refractivity contribution is 7.85. The van der Waals surface area contributed by atoms with Crippen molar-refractivity contribution in [3.8, 4) is 11.4 Å². The Balaban J connectivity index is 2.05. The first-order valence-corrected chi connectivity index (χ1v) is 12.2. The Hall–Kier alpha value is -2.75. The summed E-state index contributed by atoms with van der Waals surface area (Å²) in [5, 5.41) is 4.77. The number of aryl methyl sites for hydroxylation is 3. The Morgan fingerprint density at radius 3 is 2.21 bits per heavy atom. The first kappa shape index (κ1) is 24.4. The molecule has 34 heavy (non-hydrogen) atoms. The van der Waals surface area contributed by atoms with Gasteiger partial charge in [-0.2, -0.15) is 18.3 Å². The van der Waals surface area contributed by atoms with E-state index in [9.17, 15) is 21.8 Å². The number of nitrogens with zero attached hydrogens (tertiary/aromatic N) is 4. The zero-order valence-corrected chi connectivity index (χ0v) is 20.9. The van der Waals surface area contributed by atoms with Gasteiger partial charge in [0.2, 0.25) is 5.67 Å². The number of imidazole rings is 1. The Labute approximate surface area is 197 Å². The highest BCUT2D eigenvalue weighted by Gasteiger charge is 2.53. The minimum Gasteiger partial charge on any atom is -0.304 e. The molecule has 0 aliphatic heterocycles. The van der Waals surface area contributed by atoms with Crippen LogP contribution in [0.1, 0.15) is 47.5 Å². The Kier molecular flexibility index (Phi) is 5.66. The maximum atomic E-state index is 14.6. The predicted octanol–water partition coefficient (Wildman–Crippen LogP) is 6.07. The average Bonchev–Trinajstić information content (AvgIpc) is 3.33. The molecule has 0 aliphatic carbocycles. The fourth-order valence-corrected chi connectivity index (χ4v) is 5.32. The molecule has 0 saturated heterocycles. The van der Waals surface area contributed by atoms with Gasteiger partial charge in [-0.1, -0.05) is 6.92 Å². The topological polar surface area (TPSA) is 51.7 Å². The first-order chi connectivity index (χ1) is 15.7. The Morgan fingerprint density at radius 1 is 0.971 bits per heavy atom. The molecular formula is C24H26F4N4OS. The van der Waals surface area contributed by atoms with Crippen molar-refractivity contribution in [3.05, 3.63) is 52.0 Å². The fraction of sp³-hybridized carbons (Fsp3) is 0.417. The van der Waals surface area contributed by atoms with Gasteiger partial charge in [-0.3, -0.25) is 4.21 Å². The smallest absolute Gasteiger partial charge is 0.304 e. The molecule has 10 heteroatoms. The van der Waals surface area contributed by atoms with Crippen molar-refractivity contribution in [3.63, 3.8) is 0 Å². The molecule has 4 rings (SSSR count). The van der Waals surface area contributed by atoms with Gasteiger partial charge in [-0.25, -0.2) is 13.9 Å². The summed E-state index contributed by atoms with van der Waals surface area (Å²) in [4.78, 5) is 5.08. The summed E-state index contributed by atoms with van der Waals surface area (Å²) in [6.45, 7) is 12.0. The van der Waals surface area contributed by atoms with Crippen LogP contribution in [-0.2, 0) is 16.5 Å². The van der Waals surface area contributed by atoms with Crippen molar-refractivity contribution in [1.82, 2.24) is 19.0 Å². The van der Waals surface area contributed by atoms with Crippen LogP contribution in [0.5, 0.6) is 0 Å². The van der Waals surface area contributed by atoms with E-state index in [2.05, 4.69) is 4.98 Å². The second-order valence-corrected chi connectivity index (χ2v) is 10.4. The van der Waals surface area contributed by atoms with Crippen LogP contribution in [0.25, 0.3) is 22.6 Å². The van der Waals surface area contributed by atoms with Crippen LogP contribution in [0, 0.1) is 34.6 Å². The van der Waals surface area contributed by atoms with E-state index in [0.29, 0.717) is 34.7 Å². The van der Waals surface area contributed by atoms with Crippen LogP contribution in [0.15, 0.2) is 23.2 Å². The van der Waals surface area contributed by atoms with Gasteiger partial charge < -0.3 is 4.40 Å². The molecule has 5 nitrogen and oxygen atoms in total. The molecular weight excluding hydrogens is 468 g/mol. The molecule has 0 spiro atoms. The van der Waals surface area contributed by atoms with E-state index in [1.807, 2.05) is 34.6 Å². The molecule has 2 unspecified atom stereocenters. The summed E-state index contributed by atoms with van der Waals surface area (Å²) in [7, 11) is -1.38. The lowest BCUT2D eigenvalue weighted by atomic mass is 9.98. The molecule has 0 aromatic carbocycles. The second-order valence-electron chi connectivity index (χ2n) is 8.72. The number of aromatic nitrogens is 4. The molecule has 0 saturated carbocycles. The summed E-state index contributed by atoms with van der Waals surface area (Å²) in [6.07, 6.45) is -3.69. The fourth-order valence-electron chi connectivity index (χ4n) is 4.23. The molecule has 0 N–H and O–H groups in total. The Morgan fingerprint density at radius 2 is 1.62 bits per heavy atom. The lowest BCUT2D eigenvalue weighted by molar-refractivity contribution is -0.228. The monoisotopic (exact) mass is 494 g/mol. The van der Waals surface area contributed by atoms with Gasteiger partial charge >= 0.3 is 6.18 Å². The molecule has 2 atom stereocenters. The van der Waals surface area contributed by atoms with Gasteiger partial charge in [-0.15, -0.1) is 0 Å². The predicted molar refractivity (Wildman–Crippen MR) is 125 cm³/mol. The van der Waals surface area contributed by atoms with E-state index >= 15 is 0 Å². The third-order valence-corrected chi connectivity index (χ3v) is 8.20. The van der Waals surface area contributed by atoms with E-state index in [1.165, 1.54) is 6.20 Å². The first-order valence-electron chi connectivity index (χ1n) is 10.8. The van der Waals surface area contributed by atoms with E-state index < -0.39 is 28.2 Å². The van der Waals surface area contributed by atoms with Gasteiger partial charge in [0.1, 0.15) is 17.0 Å². The van der Waals surface area contributed by atoms with Crippen molar-refractivity contribution in [2.24, 2.45) is 0 Å². The summed E-state index contributed by atoms with van der Waals surface area (Å²) in [5.74, 6) is 0.363. The Bertz CT molecular complexity index is 1480. The minimum absolute atomic E-state index is 0.157. The highest BCUT2D eigenvalue weighted by Crippen LogP contribution is 2.43. The number of pyridine rings is 2. The largest absolute Gasteiger partial charge is 0.426 e. The van der Waals surface area contributed by atoms with E-state index in [4.69, 9.17) is 5.10 Å². The molecule has 182 valence electrons. The van der Waals surface area contributed by atoms with Crippen LogP contribution >= 0.6 is 0 Å². The number of alkyl halides is 4. The van der Waals surface area contributed by atoms with E-state index in [-0.39, 0.29) is 5.65 Å². The standard InChI is InChI=1S/C24H26F4N4OS/c1-8-34(33)22-20(30-32-15(5)13(3)12(2)14(4)21(22)32)19-16(6)31-10-9-17(11-18(31)29-19)23(7,25)24(26,27)28/h9-11H,8H2,1-7H3. The minimum atomic E-state index is -5.06. The summed E-state index contributed by atoms with van der Waals surface area (Å²) in [5.41, 5.74) is 2.29. The molecule has 4 aromatic rings. The maximum Gasteiger partial charge on any atom is 0.426 e. The quantitative estimate of drug-likeness (QED) is 0.324. The zero-order chi connectivity index (χ0) is 25.3. The highest BCUT2D eigenvalue weighted by atomic mass is 32.2. The van der Waals surface area contributed by atoms with Crippen molar-refractivity contribution in [2.75, 3.05) is 5.75 Å². The van der Waals surface area contributed by atoms with Crippen LogP contribution in [0.3, 0.4) is 0 Å². The summed E-state index contributed by atoms with van der Waals surface area (Å²) in [6, 6.07) is 2.20. The molecule has 0 amide bonds. The van der Waals surface area contributed by atoms with E-state index in [1.54, 1.807) is 15.8 Å². The molecule has 0 radical (unpaired) electrons. The van der Waals surface area contributed by atoms with Gasteiger partial charge in [0.25, 0.3) is 0 Å². The van der Waals surface area contributed by atoms with Gasteiger partial charge in [-0.05, 0) is 70.4 Å². The summed E-state index contributed by atoms with van der Waals surface area (Å²) >= 11 is 0. The van der Waals surface area contributed by atoms with Gasteiger partial charge in [0.05, 0.1) is 21.2 Å². The van der Waals surface area contributed by atoms with Crippen LogP contribution in [-0.4, -0.2) is 35.1 Å². The number of halogens is 4. The third-order valence-electron chi connectivity index (χ3n) is 6.84. The average molecular weight is 495 g/mol. The number of hydrogen-bond donors (Lipinski definition) is 0. The maximum absolute atomic E-state index is 14.6. The zero-order valence-electron chi connectivity index (χ0n) is 20.1. The van der Waals surface area contributed by atoms with Crippen LogP contribution in [0.2, 0.25) is 0 Å². The van der Waals surface area contributed by atoms with Crippen LogP contribution < -0.4 is 0 Å². The number of rotatable bonds is 4. The number of fused-ring (bicyclic) bond motifs is 2. The second kappa shape index (κ2) is 7.90. The van der Waals surface area contributed by atoms with Crippen molar-refractivity contribution in [1.29, 1.82) is 0 Å². The molecule has 0 aliphatic rings.